The molecule has 2 aromatic heterocycles. The molecule has 0 spiro atoms. The summed E-state index contributed by atoms with van der Waals surface area (Å²) in [5.74, 6) is 0. The summed E-state index contributed by atoms with van der Waals surface area (Å²) >= 11 is 5.85. The van der Waals surface area contributed by atoms with E-state index < -0.39 is 0 Å². The molecule has 2 aromatic rings. The van der Waals surface area contributed by atoms with Crippen LogP contribution in [-0.2, 0) is 20.1 Å². The zero-order valence-corrected chi connectivity index (χ0v) is 10.7. The number of hydrogen-bond donors (Lipinski definition) is 0. The largest absolute Gasteiger partial charge is 0.296 e. The Morgan fingerprint density at radius 1 is 1.35 bits per heavy atom. The van der Waals surface area contributed by atoms with Crippen LogP contribution in [0.3, 0.4) is 0 Å². The van der Waals surface area contributed by atoms with E-state index in [0.717, 1.165) is 18.8 Å². The molecule has 4 nitrogen and oxygen atoms in total. The fraction of sp³-hybridized carbons (Fsp3) is 0.333. The molecule has 0 saturated carbocycles. The number of halogens is 1. The van der Waals surface area contributed by atoms with Crippen LogP contribution >= 0.6 is 11.6 Å². The fourth-order valence-corrected chi connectivity index (χ4v) is 1.92. The fourth-order valence-electron chi connectivity index (χ4n) is 1.74. The van der Waals surface area contributed by atoms with Gasteiger partial charge in [0.05, 0.1) is 11.9 Å². The summed E-state index contributed by atoms with van der Waals surface area (Å²) in [6.45, 7) is 1.62. The van der Waals surface area contributed by atoms with Crippen molar-refractivity contribution in [2.45, 2.75) is 13.1 Å². The van der Waals surface area contributed by atoms with Gasteiger partial charge in [0.1, 0.15) is 5.15 Å². The first-order chi connectivity index (χ1) is 8.13. The molecule has 0 amide bonds. The van der Waals surface area contributed by atoms with E-state index in [-0.39, 0.29) is 0 Å². The van der Waals surface area contributed by atoms with E-state index >= 15 is 0 Å². The highest BCUT2D eigenvalue weighted by atomic mass is 35.5. The van der Waals surface area contributed by atoms with Gasteiger partial charge in [0, 0.05) is 31.9 Å². The zero-order valence-electron chi connectivity index (χ0n) is 9.97. The first kappa shape index (κ1) is 12.1. The number of nitrogens with zero attached hydrogens (tertiary/aromatic N) is 4. The van der Waals surface area contributed by atoms with E-state index in [9.17, 15) is 0 Å². The normalized spacial score (nSPS) is 11.1. The van der Waals surface area contributed by atoms with E-state index in [1.54, 1.807) is 10.7 Å². The van der Waals surface area contributed by atoms with E-state index in [1.165, 1.54) is 5.56 Å². The van der Waals surface area contributed by atoms with Gasteiger partial charge >= 0.3 is 0 Å². The molecule has 0 bridgehead atoms. The smallest absolute Gasteiger partial charge is 0.129 e. The van der Waals surface area contributed by atoms with Gasteiger partial charge in [-0.1, -0.05) is 17.7 Å². The van der Waals surface area contributed by atoms with Gasteiger partial charge in [0.2, 0.25) is 0 Å². The van der Waals surface area contributed by atoms with Crippen LogP contribution in [0, 0.1) is 0 Å². The maximum atomic E-state index is 5.85. The second-order valence-electron chi connectivity index (χ2n) is 4.15. The van der Waals surface area contributed by atoms with Gasteiger partial charge in [-0.05, 0) is 19.2 Å². The Kier molecular flexibility index (Phi) is 3.76. The standard InChI is InChI=1S/C12H15ClN4/c1-16(7-10-6-14-17(2)8-10)9-11-4-3-5-12(13)15-11/h3-6,8H,7,9H2,1-2H3. The molecule has 2 rings (SSSR count). The molecule has 0 aliphatic carbocycles. The highest BCUT2D eigenvalue weighted by Crippen LogP contribution is 2.09. The minimum absolute atomic E-state index is 0.539. The molecule has 90 valence electrons. The minimum Gasteiger partial charge on any atom is -0.296 e. The maximum absolute atomic E-state index is 5.85. The predicted molar refractivity (Wildman–Crippen MR) is 67.6 cm³/mol. The molecule has 0 aliphatic rings. The van der Waals surface area contributed by atoms with Crippen molar-refractivity contribution in [2.75, 3.05) is 7.05 Å². The summed E-state index contributed by atoms with van der Waals surface area (Å²) in [5.41, 5.74) is 2.17. The second-order valence-corrected chi connectivity index (χ2v) is 4.53. The van der Waals surface area contributed by atoms with Crippen molar-refractivity contribution in [3.63, 3.8) is 0 Å². The van der Waals surface area contributed by atoms with Crippen molar-refractivity contribution in [1.82, 2.24) is 19.7 Å². The zero-order chi connectivity index (χ0) is 12.3. The summed E-state index contributed by atoms with van der Waals surface area (Å²) in [7, 11) is 3.97. The Balaban J connectivity index is 1.95. The van der Waals surface area contributed by atoms with Gasteiger partial charge in [-0.15, -0.1) is 0 Å². The van der Waals surface area contributed by atoms with E-state index in [1.807, 2.05) is 31.6 Å². The molecule has 0 saturated heterocycles. The quantitative estimate of drug-likeness (QED) is 0.780. The third kappa shape index (κ3) is 3.54. The average Bonchev–Trinajstić information content (AvgIpc) is 2.63. The van der Waals surface area contributed by atoms with E-state index in [2.05, 4.69) is 22.0 Å². The molecule has 17 heavy (non-hydrogen) atoms. The predicted octanol–water partition coefficient (Wildman–Crippen LogP) is 2.10. The van der Waals surface area contributed by atoms with Crippen molar-refractivity contribution in [3.8, 4) is 0 Å². The number of aryl methyl sites for hydroxylation is 1. The van der Waals surface area contributed by atoms with Gasteiger partial charge in [0.15, 0.2) is 0 Å². The number of aromatic nitrogens is 3. The maximum Gasteiger partial charge on any atom is 0.129 e. The first-order valence-electron chi connectivity index (χ1n) is 5.41. The van der Waals surface area contributed by atoms with Gasteiger partial charge in [-0.2, -0.15) is 5.10 Å². The topological polar surface area (TPSA) is 34.0 Å². The molecule has 0 fully saturated rings. The Hall–Kier alpha value is -1.39. The van der Waals surface area contributed by atoms with Gasteiger partial charge < -0.3 is 0 Å². The molecule has 0 aromatic carbocycles. The van der Waals surface area contributed by atoms with Crippen LogP contribution in [-0.4, -0.2) is 26.7 Å². The number of hydrogen-bond acceptors (Lipinski definition) is 3. The molecule has 0 atom stereocenters. The summed E-state index contributed by atoms with van der Waals surface area (Å²) in [5, 5.41) is 4.68. The van der Waals surface area contributed by atoms with Crippen LogP contribution < -0.4 is 0 Å². The molecule has 2 heterocycles. The second kappa shape index (κ2) is 5.29. The van der Waals surface area contributed by atoms with Crippen LogP contribution in [0.4, 0.5) is 0 Å². The van der Waals surface area contributed by atoms with Crippen LogP contribution in [0.2, 0.25) is 5.15 Å². The van der Waals surface area contributed by atoms with Gasteiger partial charge in [-0.3, -0.25) is 9.58 Å². The Morgan fingerprint density at radius 2 is 2.18 bits per heavy atom. The first-order valence-corrected chi connectivity index (χ1v) is 5.79. The van der Waals surface area contributed by atoms with Crippen molar-refractivity contribution in [3.05, 3.63) is 47.0 Å². The van der Waals surface area contributed by atoms with Crippen molar-refractivity contribution >= 4 is 11.6 Å². The SMILES string of the molecule is CN(Cc1cnn(C)c1)Cc1cccc(Cl)n1. The lowest BCUT2D eigenvalue weighted by atomic mass is 10.3. The monoisotopic (exact) mass is 250 g/mol. The van der Waals surface area contributed by atoms with Crippen LogP contribution in [0.15, 0.2) is 30.6 Å². The van der Waals surface area contributed by atoms with E-state index in [4.69, 9.17) is 11.6 Å². The molecule has 0 aliphatic heterocycles. The molecule has 0 radical (unpaired) electrons. The number of pyridine rings is 1. The highest BCUT2D eigenvalue weighted by molar-refractivity contribution is 6.29. The van der Waals surface area contributed by atoms with Crippen molar-refractivity contribution in [2.24, 2.45) is 7.05 Å². The van der Waals surface area contributed by atoms with Gasteiger partial charge in [-0.25, -0.2) is 4.98 Å². The van der Waals surface area contributed by atoms with E-state index in [0.29, 0.717) is 5.15 Å². The highest BCUT2D eigenvalue weighted by Gasteiger charge is 2.04. The summed E-state index contributed by atoms with van der Waals surface area (Å²) in [6.07, 6.45) is 3.89. The molecule has 0 unspecified atom stereocenters. The van der Waals surface area contributed by atoms with Crippen LogP contribution in [0.1, 0.15) is 11.3 Å². The Labute approximate surface area is 106 Å². The lowest BCUT2D eigenvalue weighted by Gasteiger charge is -2.14. The summed E-state index contributed by atoms with van der Waals surface area (Å²) < 4.78 is 1.81. The Morgan fingerprint density at radius 3 is 2.82 bits per heavy atom. The van der Waals surface area contributed by atoms with Crippen molar-refractivity contribution in [1.29, 1.82) is 0 Å². The van der Waals surface area contributed by atoms with Crippen LogP contribution in [0.5, 0.6) is 0 Å². The van der Waals surface area contributed by atoms with Gasteiger partial charge in [0.25, 0.3) is 0 Å². The summed E-state index contributed by atoms with van der Waals surface area (Å²) in [6, 6.07) is 5.68. The molecular formula is C12H15ClN4. The van der Waals surface area contributed by atoms with Crippen LogP contribution in [0.25, 0.3) is 0 Å². The molecule has 5 heteroatoms. The lowest BCUT2D eigenvalue weighted by Crippen LogP contribution is -2.17. The minimum atomic E-state index is 0.539. The third-order valence-corrected chi connectivity index (χ3v) is 2.63. The Bertz CT molecular complexity index is 495. The summed E-state index contributed by atoms with van der Waals surface area (Å²) in [4.78, 5) is 6.44. The molecule has 0 N–H and O–H groups in total. The average molecular weight is 251 g/mol. The number of rotatable bonds is 4. The van der Waals surface area contributed by atoms with Crippen molar-refractivity contribution < 1.29 is 0 Å². The lowest BCUT2D eigenvalue weighted by molar-refractivity contribution is 0.315. The third-order valence-electron chi connectivity index (χ3n) is 2.42. The molecular weight excluding hydrogens is 236 g/mol.